The molecule has 0 unspecified atom stereocenters. The Kier molecular flexibility index (Phi) is 7.91. The lowest BCUT2D eigenvalue weighted by Gasteiger charge is -2.17. The molecule has 0 aliphatic heterocycles. The van der Waals surface area contributed by atoms with Gasteiger partial charge in [0.2, 0.25) is 5.75 Å². The number of hydrazine groups is 1. The molecule has 0 aliphatic rings. The zero-order valence-corrected chi connectivity index (χ0v) is 18.1. The van der Waals surface area contributed by atoms with Crippen LogP contribution in [0.4, 0.5) is 0 Å². The van der Waals surface area contributed by atoms with Crippen LogP contribution in [-0.4, -0.2) is 39.2 Å². The average molecular weight is 416 g/mol. The Morgan fingerprint density at radius 2 is 1.40 bits per heavy atom. The fraction of sp³-hybridized carbons (Fsp3) is 0.364. The minimum absolute atomic E-state index is 0.225. The number of rotatable bonds is 8. The molecule has 8 heteroatoms. The Morgan fingerprint density at radius 3 is 1.87 bits per heavy atom. The molecule has 2 N–H and O–H groups in total. The number of ether oxygens (including phenoxy) is 4. The van der Waals surface area contributed by atoms with Crippen molar-refractivity contribution < 1.29 is 28.5 Å². The van der Waals surface area contributed by atoms with E-state index in [1.807, 2.05) is 24.3 Å². The molecular weight excluding hydrogens is 388 g/mol. The molecule has 0 radical (unpaired) electrons. The van der Waals surface area contributed by atoms with Gasteiger partial charge in [0.25, 0.3) is 11.8 Å². The van der Waals surface area contributed by atoms with Crippen LogP contribution in [0.25, 0.3) is 0 Å². The first-order chi connectivity index (χ1) is 14.3. The van der Waals surface area contributed by atoms with Gasteiger partial charge in [-0.3, -0.25) is 20.4 Å². The number of benzene rings is 2. The standard InChI is InChI=1S/C22H28N2O6/c1-13(2)15-7-9-17(10-8-15)30-14(3)21(25)23-24-22(26)16-11-18(27-4)20(29-6)19(12-16)28-5/h7-14H,1-6H3,(H,23,25)(H,24,26)/t14-/m0/s1. The summed E-state index contributed by atoms with van der Waals surface area (Å²) in [4.78, 5) is 24.7. The lowest BCUT2D eigenvalue weighted by molar-refractivity contribution is -0.128. The summed E-state index contributed by atoms with van der Waals surface area (Å²) < 4.78 is 21.3. The highest BCUT2D eigenvalue weighted by Gasteiger charge is 2.19. The maximum Gasteiger partial charge on any atom is 0.279 e. The minimum atomic E-state index is -0.810. The Morgan fingerprint density at radius 1 is 0.833 bits per heavy atom. The highest BCUT2D eigenvalue weighted by molar-refractivity contribution is 5.97. The van der Waals surface area contributed by atoms with Gasteiger partial charge in [-0.25, -0.2) is 0 Å². The van der Waals surface area contributed by atoms with Gasteiger partial charge in [0, 0.05) is 5.56 Å². The summed E-state index contributed by atoms with van der Waals surface area (Å²) in [5.41, 5.74) is 6.12. The van der Waals surface area contributed by atoms with Gasteiger partial charge in [-0.1, -0.05) is 26.0 Å². The molecule has 0 bridgehead atoms. The molecule has 0 saturated carbocycles. The number of methoxy groups -OCH3 is 3. The SMILES string of the molecule is COc1cc(C(=O)NNC(=O)[C@H](C)Oc2ccc(C(C)C)cc2)cc(OC)c1OC. The summed E-state index contributed by atoms with van der Waals surface area (Å²) in [5, 5.41) is 0. The number of nitrogens with one attached hydrogen (secondary N) is 2. The second kappa shape index (κ2) is 10.4. The van der Waals surface area contributed by atoms with E-state index in [9.17, 15) is 9.59 Å². The van der Waals surface area contributed by atoms with Crippen LogP contribution in [0.1, 0.15) is 42.6 Å². The highest BCUT2D eigenvalue weighted by atomic mass is 16.5. The van der Waals surface area contributed by atoms with Gasteiger partial charge in [0.05, 0.1) is 21.3 Å². The number of hydrogen-bond acceptors (Lipinski definition) is 6. The van der Waals surface area contributed by atoms with Crippen molar-refractivity contribution in [2.45, 2.75) is 32.8 Å². The fourth-order valence-corrected chi connectivity index (χ4v) is 2.69. The molecule has 8 nitrogen and oxygen atoms in total. The molecule has 0 saturated heterocycles. The van der Waals surface area contributed by atoms with Crippen LogP contribution in [-0.2, 0) is 4.79 Å². The second-order valence-corrected chi connectivity index (χ2v) is 6.84. The molecule has 162 valence electrons. The summed E-state index contributed by atoms with van der Waals surface area (Å²) >= 11 is 0. The fourth-order valence-electron chi connectivity index (χ4n) is 2.69. The number of carbonyl (C=O) groups is 2. The molecule has 0 spiro atoms. The van der Waals surface area contributed by atoms with E-state index in [0.717, 1.165) is 0 Å². The molecule has 2 amide bonds. The van der Waals surface area contributed by atoms with E-state index in [4.69, 9.17) is 18.9 Å². The summed E-state index contributed by atoms with van der Waals surface area (Å²) in [5.74, 6) is 0.957. The zero-order valence-electron chi connectivity index (χ0n) is 18.1. The molecule has 1 atom stereocenters. The number of amides is 2. The van der Waals surface area contributed by atoms with Gasteiger partial charge in [0.15, 0.2) is 17.6 Å². The molecular formula is C22H28N2O6. The molecule has 2 aromatic rings. The van der Waals surface area contributed by atoms with E-state index in [-0.39, 0.29) is 5.56 Å². The van der Waals surface area contributed by atoms with Crippen molar-refractivity contribution in [1.82, 2.24) is 10.9 Å². The van der Waals surface area contributed by atoms with Gasteiger partial charge in [0.1, 0.15) is 5.75 Å². The van der Waals surface area contributed by atoms with E-state index in [2.05, 4.69) is 24.7 Å². The van der Waals surface area contributed by atoms with Crippen molar-refractivity contribution >= 4 is 11.8 Å². The number of carbonyl (C=O) groups excluding carboxylic acids is 2. The van der Waals surface area contributed by atoms with Crippen LogP contribution < -0.4 is 29.8 Å². The lowest BCUT2D eigenvalue weighted by Crippen LogP contribution is -2.47. The van der Waals surface area contributed by atoms with E-state index in [1.54, 1.807) is 6.92 Å². The predicted molar refractivity (Wildman–Crippen MR) is 112 cm³/mol. The molecule has 0 aromatic heterocycles. The third-order valence-electron chi connectivity index (χ3n) is 4.45. The Labute approximate surface area is 176 Å². The van der Waals surface area contributed by atoms with Crippen LogP contribution in [0.5, 0.6) is 23.0 Å². The molecule has 30 heavy (non-hydrogen) atoms. The summed E-state index contributed by atoms with van der Waals surface area (Å²) in [6.45, 7) is 5.79. The van der Waals surface area contributed by atoms with Crippen molar-refractivity contribution in [2.75, 3.05) is 21.3 Å². The van der Waals surface area contributed by atoms with Gasteiger partial charge >= 0.3 is 0 Å². The Hall–Kier alpha value is -3.42. The van der Waals surface area contributed by atoms with Crippen molar-refractivity contribution in [1.29, 1.82) is 0 Å². The average Bonchev–Trinajstić information content (AvgIpc) is 2.76. The van der Waals surface area contributed by atoms with Crippen LogP contribution in [0, 0.1) is 0 Å². The molecule has 2 rings (SSSR count). The second-order valence-electron chi connectivity index (χ2n) is 6.84. The van der Waals surface area contributed by atoms with Gasteiger partial charge in [-0.05, 0) is 42.7 Å². The topological polar surface area (TPSA) is 95.1 Å². The highest BCUT2D eigenvalue weighted by Crippen LogP contribution is 2.38. The smallest absolute Gasteiger partial charge is 0.279 e. The lowest BCUT2D eigenvalue weighted by atomic mass is 10.0. The van der Waals surface area contributed by atoms with Crippen LogP contribution in [0.15, 0.2) is 36.4 Å². The van der Waals surface area contributed by atoms with Crippen LogP contribution >= 0.6 is 0 Å². The maximum atomic E-state index is 12.4. The van der Waals surface area contributed by atoms with Crippen molar-refractivity contribution in [3.63, 3.8) is 0 Å². The predicted octanol–water partition coefficient (Wildman–Crippen LogP) is 3.06. The molecule has 0 fully saturated rings. The van der Waals surface area contributed by atoms with Crippen LogP contribution in [0.2, 0.25) is 0 Å². The third-order valence-corrected chi connectivity index (χ3v) is 4.45. The van der Waals surface area contributed by atoms with Crippen molar-refractivity contribution in [3.05, 3.63) is 47.5 Å². The summed E-state index contributed by atoms with van der Waals surface area (Å²) in [6.07, 6.45) is -0.810. The first-order valence-corrected chi connectivity index (χ1v) is 9.47. The van der Waals surface area contributed by atoms with Crippen molar-refractivity contribution in [3.8, 4) is 23.0 Å². The normalized spacial score (nSPS) is 11.4. The van der Waals surface area contributed by atoms with Gasteiger partial charge < -0.3 is 18.9 Å². The zero-order chi connectivity index (χ0) is 22.3. The van der Waals surface area contributed by atoms with E-state index in [0.29, 0.717) is 28.9 Å². The molecule has 0 aliphatic carbocycles. The number of hydrogen-bond donors (Lipinski definition) is 2. The van der Waals surface area contributed by atoms with Gasteiger partial charge in [-0.2, -0.15) is 0 Å². The molecule has 0 heterocycles. The minimum Gasteiger partial charge on any atom is -0.493 e. The monoisotopic (exact) mass is 416 g/mol. The van der Waals surface area contributed by atoms with Crippen molar-refractivity contribution in [2.24, 2.45) is 0 Å². The van der Waals surface area contributed by atoms with E-state index < -0.39 is 17.9 Å². The Balaban J connectivity index is 1.99. The Bertz CT molecular complexity index is 855. The van der Waals surface area contributed by atoms with E-state index >= 15 is 0 Å². The quantitative estimate of drug-likeness (QED) is 0.642. The van der Waals surface area contributed by atoms with E-state index in [1.165, 1.54) is 39.0 Å². The van der Waals surface area contributed by atoms with Gasteiger partial charge in [-0.15, -0.1) is 0 Å². The molecule has 2 aromatic carbocycles. The first-order valence-electron chi connectivity index (χ1n) is 9.47. The first kappa shape index (κ1) is 22.9. The summed E-state index contributed by atoms with van der Waals surface area (Å²) in [7, 11) is 4.37. The maximum absolute atomic E-state index is 12.4. The largest absolute Gasteiger partial charge is 0.493 e. The summed E-state index contributed by atoms with van der Waals surface area (Å²) in [6, 6.07) is 10.5. The third kappa shape index (κ3) is 5.56. The van der Waals surface area contributed by atoms with Crippen LogP contribution in [0.3, 0.4) is 0 Å².